The predicted octanol–water partition coefficient (Wildman–Crippen LogP) is 1.97. The molecule has 1 saturated heterocycles. The Kier molecular flexibility index (Phi) is 4.86. The normalized spacial score (nSPS) is 24.2. The molecule has 0 saturated carbocycles. The highest BCUT2D eigenvalue weighted by atomic mass is 16.5. The Balaban J connectivity index is 1.57. The van der Waals surface area contributed by atoms with Crippen LogP contribution >= 0.6 is 0 Å². The number of hydrogen-bond acceptors (Lipinski definition) is 2. The molecule has 17 heavy (non-hydrogen) atoms. The largest absolute Gasteiger partial charge is 0.379 e. The summed E-state index contributed by atoms with van der Waals surface area (Å²) >= 11 is 0. The summed E-state index contributed by atoms with van der Waals surface area (Å²) in [6.45, 7) is 2.15. The molecular formula is C13H22N2O2. The van der Waals surface area contributed by atoms with E-state index in [0.29, 0.717) is 6.61 Å². The van der Waals surface area contributed by atoms with Crippen LogP contribution < -0.4 is 10.6 Å². The van der Waals surface area contributed by atoms with Crippen molar-refractivity contribution in [1.29, 1.82) is 0 Å². The second kappa shape index (κ2) is 6.64. The maximum absolute atomic E-state index is 11.5. The minimum absolute atomic E-state index is 0.0584. The third kappa shape index (κ3) is 4.38. The predicted molar refractivity (Wildman–Crippen MR) is 66.9 cm³/mol. The van der Waals surface area contributed by atoms with Crippen molar-refractivity contribution in [2.24, 2.45) is 0 Å². The Morgan fingerprint density at radius 3 is 3.12 bits per heavy atom. The molecule has 4 heteroatoms. The van der Waals surface area contributed by atoms with Gasteiger partial charge in [-0.3, -0.25) is 0 Å². The number of nitrogens with one attached hydrogen (secondary N) is 2. The number of allylic oxidation sites excluding steroid dienone is 1. The van der Waals surface area contributed by atoms with E-state index in [-0.39, 0.29) is 12.1 Å². The van der Waals surface area contributed by atoms with E-state index in [1.54, 1.807) is 0 Å². The summed E-state index contributed by atoms with van der Waals surface area (Å²) in [7, 11) is 0. The summed E-state index contributed by atoms with van der Waals surface area (Å²) in [5, 5.41) is 5.83. The maximum atomic E-state index is 11.5. The first-order valence-corrected chi connectivity index (χ1v) is 6.64. The number of amides is 2. The SMILES string of the molecule is O=C(NCCC1=CCCCC1)NC1CCOC1. The molecule has 0 spiro atoms. The fraction of sp³-hybridized carbons (Fsp3) is 0.769. The van der Waals surface area contributed by atoms with Crippen LogP contribution in [0.3, 0.4) is 0 Å². The van der Waals surface area contributed by atoms with Gasteiger partial charge in [0.05, 0.1) is 12.6 Å². The highest BCUT2D eigenvalue weighted by Gasteiger charge is 2.17. The number of carbonyl (C=O) groups is 1. The quantitative estimate of drug-likeness (QED) is 0.736. The zero-order valence-corrected chi connectivity index (χ0v) is 10.3. The van der Waals surface area contributed by atoms with Gasteiger partial charge in [-0.1, -0.05) is 11.6 Å². The first-order chi connectivity index (χ1) is 8.34. The molecule has 0 bridgehead atoms. The Labute approximate surface area is 103 Å². The number of carbonyl (C=O) groups excluding carboxylic acids is 1. The fourth-order valence-electron chi connectivity index (χ4n) is 2.35. The number of rotatable bonds is 4. The molecule has 2 N–H and O–H groups in total. The van der Waals surface area contributed by atoms with E-state index in [0.717, 1.165) is 26.0 Å². The van der Waals surface area contributed by atoms with Crippen LogP contribution in [-0.4, -0.2) is 31.8 Å². The van der Waals surface area contributed by atoms with Gasteiger partial charge in [0, 0.05) is 13.2 Å². The van der Waals surface area contributed by atoms with Gasteiger partial charge in [0.25, 0.3) is 0 Å². The standard InChI is InChI=1S/C13H22N2O2/c16-13(15-12-7-9-17-10-12)14-8-6-11-4-2-1-3-5-11/h4,12H,1-3,5-10H2,(H2,14,15,16). The molecule has 1 fully saturated rings. The smallest absolute Gasteiger partial charge is 0.315 e. The van der Waals surface area contributed by atoms with E-state index >= 15 is 0 Å². The van der Waals surface area contributed by atoms with E-state index in [4.69, 9.17) is 4.74 Å². The minimum Gasteiger partial charge on any atom is -0.379 e. The average Bonchev–Trinajstić information content (AvgIpc) is 2.83. The Morgan fingerprint density at radius 1 is 1.47 bits per heavy atom. The van der Waals surface area contributed by atoms with E-state index in [9.17, 15) is 4.79 Å². The number of hydrogen-bond donors (Lipinski definition) is 2. The highest BCUT2D eigenvalue weighted by molar-refractivity contribution is 5.74. The third-order valence-electron chi connectivity index (χ3n) is 3.38. The molecule has 2 amide bonds. The van der Waals surface area contributed by atoms with Gasteiger partial charge < -0.3 is 15.4 Å². The molecule has 2 aliphatic rings. The Bertz CT molecular complexity index is 283. The van der Waals surface area contributed by atoms with Crippen molar-refractivity contribution in [1.82, 2.24) is 10.6 Å². The molecule has 4 nitrogen and oxygen atoms in total. The Hall–Kier alpha value is -1.03. The zero-order valence-electron chi connectivity index (χ0n) is 10.3. The first-order valence-electron chi connectivity index (χ1n) is 6.64. The Morgan fingerprint density at radius 2 is 2.41 bits per heavy atom. The molecule has 96 valence electrons. The summed E-state index contributed by atoms with van der Waals surface area (Å²) < 4.78 is 5.21. The van der Waals surface area contributed by atoms with Crippen molar-refractivity contribution in [3.8, 4) is 0 Å². The molecule has 0 aromatic rings. The highest BCUT2D eigenvalue weighted by Crippen LogP contribution is 2.19. The van der Waals surface area contributed by atoms with E-state index in [2.05, 4.69) is 16.7 Å². The van der Waals surface area contributed by atoms with Crippen LogP contribution in [0.15, 0.2) is 11.6 Å². The monoisotopic (exact) mass is 238 g/mol. The molecular weight excluding hydrogens is 216 g/mol. The fourth-order valence-corrected chi connectivity index (χ4v) is 2.35. The van der Waals surface area contributed by atoms with Gasteiger partial charge in [-0.2, -0.15) is 0 Å². The molecule has 1 aliphatic heterocycles. The number of ether oxygens (including phenoxy) is 1. The molecule has 0 aromatic carbocycles. The van der Waals surface area contributed by atoms with Crippen LogP contribution in [0, 0.1) is 0 Å². The van der Waals surface area contributed by atoms with Gasteiger partial charge in [-0.15, -0.1) is 0 Å². The minimum atomic E-state index is -0.0584. The second-order valence-corrected chi connectivity index (χ2v) is 4.82. The van der Waals surface area contributed by atoms with Crippen molar-refractivity contribution in [3.63, 3.8) is 0 Å². The van der Waals surface area contributed by atoms with Crippen molar-refractivity contribution in [2.75, 3.05) is 19.8 Å². The second-order valence-electron chi connectivity index (χ2n) is 4.82. The molecule has 1 atom stereocenters. The van der Waals surface area contributed by atoms with Crippen LogP contribution in [0.1, 0.15) is 38.5 Å². The van der Waals surface area contributed by atoms with Gasteiger partial charge in [-0.25, -0.2) is 4.79 Å². The van der Waals surface area contributed by atoms with E-state index in [1.807, 2.05) is 0 Å². The lowest BCUT2D eigenvalue weighted by Crippen LogP contribution is -2.42. The summed E-state index contributed by atoms with van der Waals surface area (Å²) in [5.41, 5.74) is 1.50. The topological polar surface area (TPSA) is 50.4 Å². The summed E-state index contributed by atoms with van der Waals surface area (Å²) in [5.74, 6) is 0. The lowest BCUT2D eigenvalue weighted by atomic mass is 9.97. The molecule has 0 aromatic heterocycles. The van der Waals surface area contributed by atoms with Crippen molar-refractivity contribution in [3.05, 3.63) is 11.6 Å². The van der Waals surface area contributed by atoms with Gasteiger partial charge >= 0.3 is 6.03 Å². The van der Waals surface area contributed by atoms with Crippen molar-refractivity contribution < 1.29 is 9.53 Å². The summed E-state index contributed by atoms with van der Waals surface area (Å²) in [4.78, 5) is 11.5. The molecule has 1 unspecified atom stereocenters. The molecule has 0 radical (unpaired) electrons. The molecule has 1 aliphatic carbocycles. The molecule has 1 heterocycles. The van der Waals surface area contributed by atoms with Crippen LogP contribution in [0.5, 0.6) is 0 Å². The average molecular weight is 238 g/mol. The van der Waals surface area contributed by atoms with Crippen LogP contribution in [0.25, 0.3) is 0 Å². The van der Waals surface area contributed by atoms with Crippen LogP contribution in [0.4, 0.5) is 4.79 Å². The summed E-state index contributed by atoms with van der Waals surface area (Å²) in [6, 6.07) is 0.140. The van der Waals surface area contributed by atoms with E-state index < -0.39 is 0 Å². The maximum Gasteiger partial charge on any atom is 0.315 e. The lowest BCUT2D eigenvalue weighted by molar-refractivity contribution is 0.188. The number of urea groups is 1. The van der Waals surface area contributed by atoms with Gasteiger partial charge in [0.2, 0.25) is 0 Å². The van der Waals surface area contributed by atoms with Gasteiger partial charge in [0.15, 0.2) is 0 Å². The van der Waals surface area contributed by atoms with E-state index in [1.165, 1.54) is 31.3 Å². The van der Waals surface area contributed by atoms with Crippen LogP contribution in [-0.2, 0) is 4.74 Å². The van der Waals surface area contributed by atoms with Crippen molar-refractivity contribution >= 4 is 6.03 Å². The lowest BCUT2D eigenvalue weighted by Gasteiger charge is -2.14. The first kappa shape index (κ1) is 12.4. The molecule has 2 rings (SSSR count). The van der Waals surface area contributed by atoms with Crippen LogP contribution in [0.2, 0.25) is 0 Å². The van der Waals surface area contributed by atoms with Crippen molar-refractivity contribution in [2.45, 2.75) is 44.6 Å². The van der Waals surface area contributed by atoms with Gasteiger partial charge in [0.1, 0.15) is 0 Å². The zero-order chi connectivity index (χ0) is 11.9. The van der Waals surface area contributed by atoms with Gasteiger partial charge in [-0.05, 0) is 38.5 Å². The third-order valence-corrected chi connectivity index (χ3v) is 3.38. The summed E-state index contributed by atoms with van der Waals surface area (Å²) in [6.07, 6.45) is 9.29.